The standard InChI is InChI=1S/C21H22N2O5/c1-13(24)21(2)12-22-16(20(25)23(21)11-14-6-5-9-28-14)10-15-17(26-3)7-8-18(27-4)19(15)22/h5-10H,11-12H2,1-4H3. The number of benzene rings is 1. The third-order valence-corrected chi connectivity index (χ3v) is 5.60. The molecule has 0 bridgehead atoms. The summed E-state index contributed by atoms with van der Waals surface area (Å²) in [6.07, 6.45) is 1.56. The fourth-order valence-electron chi connectivity index (χ4n) is 3.87. The number of amides is 1. The number of aromatic nitrogens is 1. The zero-order valence-electron chi connectivity index (χ0n) is 16.3. The van der Waals surface area contributed by atoms with Crippen molar-refractivity contribution in [2.45, 2.75) is 32.5 Å². The van der Waals surface area contributed by atoms with Crippen LogP contribution in [0.1, 0.15) is 30.1 Å². The average molecular weight is 382 g/mol. The van der Waals surface area contributed by atoms with Crippen molar-refractivity contribution < 1.29 is 23.5 Å². The summed E-state index contributed by atoms with van der Waals surface area (Å²) in [4.78, 5) is 27.7. The van der Waals surface area contributed by atoms with E-state index in [0.717, 1.165) is 10.9 Å². The SMILES string of the molecule is COc1ccc(OC)c2c1cc1n2CC(C)(C(C)=O)N(Cc2ccco2)C1=O. The monoisotopic (exact) mass is 382 g/mol. The molecular weight excluding hydrogens is 360 g/mol. The highest BCUT2D eigenvalue weighted by atomic mass is 16.5. The summed E-state index contributed by atoms with van der Waals surface area (Å²) in [5.74, 6) is 1.57. The van der Waals surface area contributed by atoms with Crippen molar-refractivity contribution in [2.24, 2.45) is 0 Å². The minimum Gasteiger partial charge on any atom is -0.496 e. The number of ether oxygens (including phenoxy) is 2. The van der Waals surface area contributed by atoms with Crippen LogP contribution in [0.25, 0.3) is 10.9 Å². The molecule has 7 nitrogen and oxygen atoms in total. The molecule has 3 aromatic rings. The predicted octanol–water partition coefficient (Wildman–Crippen LogP) is 3.26. The topological polar surface area (TPSA) is 73.9 Å². The van der Waals surface area contributed by atoms with Gasteiger partial charge in [0.25, 0.3) is 5.91 Å². The zero-order chi connectivity index (χ0) is 20.1. The van der Waals surface area contributed by atoms with Crippen molar-refractivity contribution in [3.05, 3.63) is 48.0 Å². The number of rotatable bonds is 5. The molecule has 1 atom stereocenters. The number of nitrogens with zero attached hydrogens (tertiary/aromatic N) is 2. The lowest BCUT2D eigenvalue weighted by molar-refractivity contribution is -0.128. The van der Waals surface area contributed by atoms with E-state index >= 15 is 0 Å². The first-order valence-electron chi connectivity index (χ1n) is 9.00. The van der Waals surface area contributed by atoms with Gasteiger partial charge in [0.1, 0.15) is 28.5 Å². The lowest BCUT2D eigenvalue weighted by Crippen LogP contribution is -2.59. The predicted molar refractivity (Wildman–Crippen MR) is 103 cm³/mol. The molecule has 0 fully saturated rings. The van der Waals surface area contributed by atoms with E-state index in [1.165, 1.54) is 6.92 Å². The Morgan fingerprint density at radius 3 is 2.54 bits per heavy atom. The summed E-state index contributed by atoms with van der Waals surface area (Å²) in [6, 6.07) is 8.97. The van der Waals surface area contributed by atoms with E-state index in [2.05, 4.69) is 0 Å². The fourth-order valence-corrected chi connectivity index (χ4v) is 3.87. The van der Waals surface area contributed by atoms with Crippen molar-refractivity contribution >= 4 is 22.6 Å². The Bertz CT molecular complexity index is 1070. The number of methoxy groups -OCH3 is 2. The van der Waals surface area contributed by atoms with Crippen molar-refractivity contribution in [2.75, 3.05) is 14.2 Å². The van der Waals surface area contributed by atoms with Crippen LogP contribution in [0.2, 0.25) is 0 Å². The molecule has 2 aromatic heterocycles. The maximum atomic E-state index is 13.5. The van der Waals surface area contributed by atoms with Crippen LogP contribution in [-0.4, -0.2) is 40.9 Å². The van der Waals surface area contributed by atoms with E-state index in [4.69, 9.17) is 13.9 Å². The van der Waals surface area contributed by atoms with Gasteiger partial charge in [-0.1, -0.05) is 0 Å². The van der Waals surface area contributed by atoms with E-state index in [9.17, 15) is 9.59 Å². The fraction of sp³-hybridized carbons (Fsp3) is 0.333. The van der Waals surface area contributed by atoms with Crippen molar-refractivity contribution in [1.82, 2.24) is 9.47 Å². The molecule has 0 spiro atoms. The Hall–Kier alpha value is -3.22. The van der Waals surface area contributed by atoms with Gasteiger partial charge in [-0.05, 0) is 44.2 Å². The van der Waals surface area contributed by atoms with E-state index in [-0.39, 0.29) is 18.2 Å². The summed E-state index contributed by atoms with van der Waals surface area (Å²) < 4.78 is 18.3. The van der Waals surface area contributed by atoms with Crippen LogP contribution in [0.4, 0.5) is 0 Å². The van der Waals surface area contributed by atoms with E-state index in [1.54, 1.807) is 56.6 Å². The Balaban J connectivity index is 1.94. The van der Waals surface area contributed by atoms with Crippen molar-refractivity contribution in [3.63, 3.8) is 0 Å². The molecule has 1 unspecified atom stereocenters. The number of ketones is 1. The quantitative estimate of drug-likeness (QED) is 0.677. The summed E-state index contributed by atoms with van der Waals surface area (Å²) in [5, 5.41) is 0.774. The summed E-state index contributed by atoms with van der Waals surface area (Å²) in [7, 11) is 3.17. The third-order valence-electron chi connectivity index (χ3n) is 5.60. The number of hydrogen-bond acceptors (Lipinski definition) is 5. The molecule has 3 heterocycles. The van der Waals surface area contributed by atoms with Gasteiger partial charge in [0.15, 0.2) is 5.78 Å². The molecule has 1 aliphatic rings. The highest BCUT2D eigenvalue weighted by Crippen LogP contribution is 2.40. The Kier molecular flexibility index (Phi) is 4.18. The maximum absolute atomic E-state index is 13.5. The van der Waals surface area contributed by atoms with Crippen LogP contribution in [0.5, 0.6) is 11.5 Å². The number of Topliss-reactive ketones (excluding diaryl/α,β-unsaturated/α-hetero) is 1. The molecular formula is C21H22N2O5. The molecule has 1 aromatic carbocycles. The van der Waals surface area contributed by atoms with Crippen LogP contribution < -0.4 is 9.47 Å². The third kappa shape index (κ3) is 2.50. The number of carbonyl (C=O) groups excluding carboxylic acids is 2. The first kappa shape index (κ1) is 18.2. The molecule has 0 saturated carbocycles. The van der Waals surface area contributed by atoms with Gasteiger partial charge in [0.2, 0.25) is 0 Å². The van der Waals surface area contributed by atoms with Gasteiger partial charge in [-0.3, -0.25) is 9.59 Å². The second-order valence-electron chi connectivity index (χ2n) is 7.15. The minimum atomic E-state index is -1.02. The number of fused-ring (bicyclic) bond motifs is 3. The molecule has 7 heteroatoms. The number of furan rings is 1. The summed E-state index contributed by atoms with van der Waals surface area (Å²) in [5.41, 5.74) is 0.218. The second-order valence-corrected chi connectivity index (χ2v) is 7.15. The minimum absolute atomic E-state index is 0.0956. The molecule has 0 saturated heterocycles. The first-order valence-corrected chi connectivity index (χ1v) is 9.00. The van der Waals surface area contributed by atoms with Crippen LogP contribution >= 0.6 is 0 Å². The second kappa shape index (κ2) is 6.44. The van der Waals surface area contributed by atoms with Gasteiger partial charge < -0.3 is 23.4 Å². The molecule has 4 rings (SSSR count). The smallest absolute Gasteiger partial charge is 0.271 e. The summed E-state index contributed by atoms with van der Waals surface area (Å²) in [6.45, 7) is 3.84. The maximum Gasteiger partial charge on any atom is 0.271 e. The zero-order valence-corrected chi connectivity index (χ0v) is 16.3. The van der Waals surface area contributed by atoms with Crippen LogP contribution in [0, 0.1) is 0 Å². The molecule has 146 valence electrons. The average Bonchev–Trinajstić information content (AvgIpc) is 3.32. The van der Waals surface area contributed by atoms with Gasteiger partial charge >= 0.3 is 0 Å². The summed E-state index contributed by atoms with van der Waals surface area (Å²) >= 11 is 0. The first-order chi connectivity index (χ1) is 13.4. The van der Waals surface area contributed by atoms with Crippen LogP contribution in [-0.2, 0) is 17.9 Å². The molecule has 1 amide bonds. The molecule has 0 aliphatic carbocycles. The van der Waals surface area contributed by atoms with Crippen LogP contribution in [0.3, 0.4) is 0 Å². The van der Waals surface area contributed by atoms with Gasteiger partial charge in [-0.25, -0.2) is 0 Å². The van der Waals surface area contributed by atoms with Gasteiger partial charge in [0, 0.05) is 5.39 Å². The molecule has 28 heavy (non-hydrogen) atoms. The molecule has 0 radical (unpaired) electrons. The van der Waals surface area contributed by atoms with Gasteiger partial charge in [-0.15, -0.1) is 0 Å². The Morgan fingerprint density at radius 2 is 1.93 bits per heavy atom. The Morgan fingerprint density at radius 1 is 1.21 bits per heavy atom. The lowest BCUT2D eigenvalue weighted by atomic mass is 9.91. The largest absolute Gasteiger partial charge is 0.496 e. The van der Waals surface area contributed by atoms with Crippen LogP contribution in [0.15, 0.2) is 41.0 Å². The van der Waals surface area contributed by atoms with Crippen molar-refractivity contribution in [1.29, 1.82) is 0 Å². The van der Waals surface area contributed by atoms with Gasteiger partial charge in [0.05, 0.1) is 39.1 Å². The lowest BCUT2D eigenvalue weighted by Gasteiger charge is -2.43. The van der Waals surface area contributed by atoms with Crippen molar-refractivity contribution in [3.8, 4) is 11.5 Å². The normalized spacial score (nSPS) is 19.0. The highest BCUT2D eigenvalue weighted by Gasteiger charge is 2.46. The highest BCUT2D eigenvalue weighted by molar-refractivity contribution is 6.05. The molecule has 1 aliphatic heterocycles. The Labute approximate surface area is 162 Å². The number of carbonyl (C=O) groups is 2. The van der Waals surface area contributed by atoms with E-state index in [1.807, 2.05) is 10.6 Å². The molecule has 0 N–H and O–H groups in total. The van der Waals surface area contributed by atoms with E-state index in [0.29, 0.717) is 29.5 Å². The van der Waals surface area contributed by atoms with E-state index < -0.39 is 5.54 Å². The number of hydrogen-bond donors (Lipinski definition) is 0. The van der Waals surface area contributed by atoms with Gasteiger partial charge in [-0.2, -0.15) is 0 Å².